The number of hydrogen-bond acceptors (Lipinski definition) is 3. The topological polar surface area (TPSA) is 72.2 Å². The van der Waals surface area contributed by atoms with Gasteiger partial charge in [-0.1, -0.05) is 20.3 Å². The van der Waals surface area contributed by atoms with Crippen LogP contribution in [0.1, 0.15) is 46.0 Å². The molecule has 0 fully saturated rings. The van der Waals surface area contributed by atoms with Gasteiger partial charge in [0, 0.05) is 13.0 Å². The molecule has 1 atom stereocenters. The molecule has 0 unspecified atom stereocenters. The normalized spacial score (nSPS) is 12.5. The average Bonchev–Trinajstić information content (AvgIpc) is 2.21. The summed E-state index contributed by atoms with van der Waals surface area (Å²) in [5, 5.41) is 2.81. The summed E-state index contributed by atoms with van der Waals surface area (Å²) >= 11 is 0. The molecule has 0 aromatic heterocycles. The number of aldehydes is 1. The molecule has 0 radical (unpaired) electrons. The Morgan fingerprint density at radius 1 is 1.31 bits per heavy atom. The first-order valence-electron chi connectivity index (χ1n) is 6.04. The standard InChI is InChI=1S/C12H24N2O2/c1-10(2)9-11(13)12(16)14-7-5-3-4-6-8-15/h8,10-11H,3-7,9,13H2,1-2H3,(H,14,16)/t11-/m0/s1. The minimum atomic E-state index is -0.394. The Balaban J connectivity index is 3.46. The van der Waals surface area contributed by atoms with Crippen molar-refractivity contribution in [2.75, 3.05) is 6.54 Å². The van der Waals surface area contributed by atoms with Crippen molar-refractivity contribution in [2.45, 2.75) is 52.0 Å². The summed E-state index contributed by atoms with van der Waals surface area (Å²) in [6.45, 7) is 4.75. The maximum Gasteiger partial charge on any atom is 0.236 e. The largest absolute Gasteiger partial charge is 0.355 e. The van der Waals surface area contributed by atoms with E-state index in [1.54, 1.807) is 0 Å². The van der Waals surface area contributed by atoms with Crippen LogP contribution in [0.3, 0.4) is 0 Å². The number of nitrogens with one attached hydrogen (secondary N) is 1. The predicted octanol–water partition coefficient (Wildman–Crippen LogP) is 1.24. The first kappa shape index (κ1) is 15.1. The predicted molar refractivity (Wildman–Crippen MR) is 65.0 cm³/mol. The van der Waals surface area contributed by atoms with Crippen LogP contribution in [0.2, 0.25) is 0 Å². The lowest BCUT2D eigenvalue weighted by Gasteiger charge is -2.13. The van der Waals surface area contributed by atoms with E-state index in [1.807, 2.05) is 13.8 Å². The highest BCUT2D eigenvalue weighted by Gasteiger charge is 2.13. The third-order valence-corrected chi connectivity index (χ3v) is 2.36. The molecule has 0 saturated carbocycles. The summed E-state index contributed by atoms with van der Waals surface area (Å²) < 4.78 is 0. The molecule has 0 aliphatic carbocycles. The van der Waals surface area contributed by atoms with Gasteiger partial charge < -0.3 is 15.8 Å². The second-order valence-corrected chi connectivity index (χ2v) is 4.54. The van der Waals surface area contributed by atoms with Gasteiger partial charge in [0.25, 0.3) is 0 Å². The number of carbonyl (C=O) groups is 2. The Labute approximate surface area is 98.0 Å². The number of unbranched alkanes of at least 4 members (excludes halogenated alkanes) is 3. The van der Waals surface area contributed by atoms with Gasteiger partial charge in [0.15, 0.2) is 0 Å². The monoisotopic (exact) mass is 228 g/mol. The fourth-order valence-electron chi connectivity index (χ4n) is 1.49. The Morgan fingerprint density at radius 3 is 2.56 bits per heavy atom. The van der Waals surface area contributed by atoms with Gasteiger partial charge in [-0.3, -0.25) is 4.79 Å². The molecule has 3 N–H and O–H groups in total. The van der Waals surface area contributed by atoms with E-state index in [-0.39, 0.29) is 5.91 Å². The molecule has 4 nitrogen and oxygen atoms in total. The van der Waals surface area contributed by atoms with Crippen LogP contribution in [0, 0.1) is 5.92 Å². The molecule has 0 aliphatic heterocycles. The highest BCUT2D eigenvalue weighted by molar-refractivity contribution is 5.81. The summed E-state index contributed by atoms with van der Waals surface area (Å²) in [7, 11) is 0. The van der Waals surface area contributed by atoms with Crippen LogP contribution in [0.4, 0.5) is 0 Å². The highest BCUT2D eigenvalue weighted by Crippen LogP contribution is 2.02. The number of amides is 1. The maximum absolute atomic E-state index is 11.5. The SMILES string of the molecule is CC(C)C[C@H](N)C(=O)NCCCCCC=O. The zero-order valence-corrected chi connectivity index (χ0v) is 10.4. The smallest absolute Gasteiger partial charge is 0.236 e. The van der Waals surface area contributed by atoms with Crippen molar-refractivity contribution >= 4 is 12.2 Å². The second kappa shape index (κ2) is 9.33. The number of hydrogen-bond donors (Lipinski definition) is 2. The molecule has 16 heavy (non-hydrogen) atoms. The highest BCUT2D eigenvalue weighted by atomic mass is 16.2. The van der Waals surface area contributed by atoms with Crippen LogP contribution >= 0.6 is 0 Å². The average molecular weight is 228 g/mol. The number of carbonyl (C=O) groups excluding carboxylic acids is 2. The Hall–Kier alpha value is -0.900. The van der Waals surface area contributed by atoms with Crippen molar-refractivity contribution in [3.05, 3.63) is 0 Å². The minimum absolute atomic E-state index is 0.0657. The van der Waals surface area contributed by atoms with Gasteiger partial charge in [-0.05, 0) is 25.2 Å². The first-order valence-corrected chi connectivity index (χ1v) is 6.04. The molecule has 0 aromatic carbocycles. The zero-order valence-electron chi connectivity index (χ0n) is 10.4. The minimum Gasteiger partial charge on any atom is -0.355 e. The van der Waals surface area contributed by atoms with Crippen molar-refractivity contribution in [2.24, 2.45) is 11.7 Å². The molecule has 94 valence electrons. The van der Waals surface area contributed by atoms with Crippen LogP contribution in [-0.2, 0) is 9.59 Å². The van der Waals surface area contributed by atoms with E-state index in [2.05, 4.69) is 5.32 Å². The van der Waals surface area contributed by atoms with Crippen molar-refractivity contribution < 1.29 is 9.59 Å². The van der Waals surface area contributed by atoms with Crippen molar-refractivity contribution in [3.8, 4) is 0 Å². The van der Waals surface area contributed by atoms with Crippen molar-refractivity contribution in [3.63, 3.8) is 0 Å². The van der Waals surface area contributed by atoms with E-state index in [4.69, 9.17) is 5.73 Å². The summed E-state index contributed by atoms with van der Waals surface area (Å²) in [5.41, 5.74) is 5.72. The summed E-state index contributed by atoms with van der Waals surface area (Å²) in [5.74, 6) is 0.373. The Morgan fingerprint density at radius 2 is 2.00 bits per heavy atom. The van der Waals surface area contributed by atoms with Crippen LogP contribution < -0.4 is 11.1 Å². The van der Waals surface area contributed by atoms with Crippen LogP contribution in [0.15, 0.2) is 0 Å². The molecule has 0 saturated heterocycles. The quantitative estimate of drug-likeness (QED) is 0.460. The molecule has 0 rings (SSSR count). The van der Waals surface area contributed by atoms with E-state index in [9.17, 15) is 9.59 Å². The molecular formula is C12H24N2O2. The summed E-state index contributed by atoms with van der Waals surface area (Å²) in [6, 6.07) is -0.394. The molecule has 0 aliphatic rings. The van der Waals surface area contributed by atoms with Crippen molar-refractivity contribution in [1.82, 2.24) is 5.32 Å². The number of rotatable bonds is 9. The fourth-order valence-corrected chi connectivity index (χ4v) is 1.49. The Kier molecular flexibility index (Phi) is 8.81. The van der Waals surface area contributed by atoms with Gasteiger partial charge in [-0.15, -0.1) is 0 Å². The van der Waals surface area contributed by atoms with E-state index >= 15 is 0 Å². The zero-order chi connectivity index (χ0) is 12.4. The van der Waals surface area contributed by atoms with Crippen LogP contribution in [0.25, 0.3) is 0 Å². The van der Waals surface area contributed by atoms with E-state index in [0.29, 0.717) is 18.9 Å². The first-order chi connectivity index (χ1) is 7.57. The van der Waals surface area contributed by atoms with E-state index in [0.717, 1.165) is 32.0 Å². The maximum atomic E-state index is 11.5. The number of nitrogens with two attached hydrogens (primary N) is 1. The molecule has 0 heterocycles. The lowest BCUT2D eigenvalue weighted by molar-refractivity contribution is -0.122. The molecule has 0 aromatic rings. The molecule has 0 spiro atoms. The summed E-state index contributed by atoms with van der Waals surface area (Å²) in [6.07, 6.45) is 5.04. The Bertz CT molecular complexity index is 205. The molecular weight excluding hydrogens is 204 g/mol. The van der Waals surface area contributed by atoms with Gasteiger partial charge >= 0.3 is 0 Å². The molecule has 4 heteroatoms. The molecule has 1 amide bonds. The van der Waals surface area contributed by atoms with Gasteiger partial charge in [-0.2, -0.15) is 0 Å². The van der Waals surface area contributed by atoms with Gasteiger partial charge in [0.05, 0.1) is 6.04 Å². The fraction of sp³-hybridized carbons (Fsp3) is 0.833. The van der Waals surface area contributed by atoms with Gasteiger partial charge in [-0.25, -0.2) is 0 Å². The van der Waals surface area contributed by atoms with Gasteiger partial charge in [0.2, 0.25) is 5.91 Å². The third-order valence-electron chi connectivity index (χ3n) is 2.36. The van der Waals surface area contributed by atoms with Gasteiger partial charge in [0.1, 0.15) is 6.29 Å². The van der Waals surface area contributed by atoms with Crippen LogP contribution in [0.5, 0.6) is 0 Å². The third kappa shape index (κ3) is 8.41. The second-order valence-electron chi connectivity index (χ2n) is 4.54. The van der Waals surface area contributed by atoms with Crippen molar-refractivity contribution in [1.29, 1.82) is 0 Å². The molecule has 0 bridgehead atoms. The summed E-state index contributed by atoms with van der Waals surface area (Å²) in [4.78, 5) is 21.5. The van der Waals surface area contributed by atoms with E-state index in [1.165, 1.54) is 0 Å². The van der Waals surface area contributed by atoms with E-state index < -0.39 is 6.04 Å². The van der Waals surface area contributed by atoms with Crippen LogP contribution in [-0.4, -0.2) is 24.8 Å². The lowest BCUT2D eigenvalue weighted by atomic mass is 10.0. The lowest BCUT2D eigenvalue weighted by Crippen LogP contribution is -2.41.